The van der Waals surface area contributed by atoms with Gasteiger partial charge in [0.25, 0.3) is 0 Å². The summed E-state index contributed by atoms with van der Waals surface area (Å²) >= 11 is 0. The zero-order valence-corrected chi connectivity index (χ0v) is 21.3. The van der Waals surface area contributed by atoms with E-state index in [1.54, 1.807) is 12.1 Å². The Morgan fingerprint density at radius 2 is 1.47 bits per heavy atom. The fourth-order valence-corrected chi connectivity index (χ4v) is 3.47. The highest BCUT2D eigenvalue weighted by atomic mass is 16.4. The molecule has 38 heavy (non-hydrogen) atoms. The first kappa shape index (κ1) is 32.3. The van der Waals surface area contributed by atoms with E-state index in [1.807, 2.05) is 0 Å². The molecule has 14 heteroatoms. The molecular formula is C24H38N6O8. The van der Waals surface area contributed by atoms with Gasteiger partial charge in [-0.2, -0.15) is 0 Å². The average molecular weight is 539 g/mol. The Labute approximate surface area is 220 Å². The first-order valence-electron chi connectivity index (χ1n) is 12.2. The van der Waals surface area contributed by atoms with Crippen molar-refractivity contribution in [1.29, 1.82) is 0 Å². The lowest BCUT2D eigenvalue weighted by Gasteiger charge is -2.26. The van der Waals surface area contributed by atoms with E-state index in [9.17, 15) is 39.3 Å². The number of benzene rings is 1. The smallest absolute Gasteiger partial charge is 0.328 e. The van der Waals surface area contributed by atoms with Crippen LogP contribution in [0.5, 0.6) is 5.75 Å². The van der Waals surface area contributed by atoms with Gasteiger partial charge in [0.15, 0.2) is 6.04 Å². The Morgan fingerprint density at radius 3 is 2.00 bits per heavy atom. The van der Waals surface area contributed by atoms with Crippen LogP contribution in [0.3, 0.4) is 0 Å². The molecule has 0 aliphatic rings. The molecule has 0 bridgehead atoms. The summed E-state index contributed by atoms with van der Waals surface area (Å²) in [6, 6.07) is 0.658. The highest BCUT2D eigenvalue weighted by molar-refractivity contribution is 5.94. The van der Waals surface area contributed by atoms with E-state index in [-0.39, 0.29) is 25.0 Å². The lowest BCUT2D eigenvalue weighted by atomic mass is 10.0. The van der Waals surface area contributed by atoms with Crippen LogP contribution < -0.4 is 33.2 Å². The number of primary amides is 1. The number of aliphatic carboxylic acids is 1. The van der Waals surface area contributed by atoms with E-state index in [0.717, 1.165) is 6.92 Å². The summed E-state index contributed by atoms with van der Waals surface area (Å²) in [4.78, 5) is 61.5. The van der Waals surface area contributed by atoms with E-state index in [0.29, 0.717) is 31.4 Å². The Kier molecular flexibility index (Phi) is 13.7. The van der Waals surface area contributed by atoms with E-state index in [2.05, 4.69) is 16.0 Å². The molecule has 0 saturated heterocycles. The molecule has 0 radical (unpaired) electrons. The summed E-state index contributed by atoms with van der Waals surface area (Å²) in [5.74, 6) is -4.67. The molecule has 212 valence electrons. The molecule has 5 unspecified atom stereocenters. The highest BCUT2D eigenvalue weighted by Crippen LogP contribution is 2.12. The van der Waals surface area contributed by atoms with E-state index in [4.69, 9.17) is 17.2 Å². The van der Waals surface area contributed by atoms with E-state index < -0.39 is 59.9 Å². The lowest BCUT2D eigenvalue weighted by molar-refractivity contribution is -0.145. The number of carboxylic acids is 1. The predicted octanol–water partition coefficient (Wildman–Crippen LogP) is -2.42. The molecule has 0 heterocycles. The molecule has 1 rings (SSSR count). The maximum absolute atomic E-state index is 13.3. The molecule has 1 aromatic carbocycles. The third kappa shape index (κ3) is 11.5. The van der Waals surface area contributed by atoms with Gasteiger partial charge in [0.05, 0.1) is 12.1 Å². The minimum Gasteiger partial charge on any atom is -0.508 e. The van der Waals surface area contributed by atoms with Gasteiger partial charge in [0.2, 0.25) is 23.6 Å². The number of amides is 4. The summed E-state index contributed by atoms with van der Waals surface area (Å²) in [5.41, 5.74) is 17.2. The molecular weight excluding hydrogens is 500 g/mol. The van der Waals surface area contributed by atoms with Gasteiger partial charge in [-0.15, -0.1) is 0 Å². The number of nitrogens with one attached hydrogen (secondary N) is 3. The van der Waals surface area contributed by atoms with Gasteiger partial charge in [-0.3, -0.25) is 19.2 Å². The first-order chi connectivity index (χ1) is 17.8. The normalized spacial score (nSPS) is 14.8. The zero-order chi connectivity index (χ0) is 28.8. The number of rotatable bonds is 17. The quantitative estimate of drug-likeness (QED) is 0.0947. The number of unbranched alkanes of at least 4 members (excludes halogenated alkanes) is 1. The van der Waals surface area contributed by atoms with Crippen molar-refractivity contribution < 1.29 is 39.3 Å². The Morgan fingerprint density at radius 1 is 0.895 bits per heavy atom. The van der Waals surface area contributed by atoms with Gasteiger partial charge >= 0.3 is 5.97 Å². The third-order valence-electron chi connectivity index (χ3n) is 5.67. The number of carbonyl (C=O) groups excluding carboxylic acids is 4. The molecule has 0 spiro atoms. The molecule has 5 atom stereocenters. The molecule has 0 aliphatic heterocycles. The maximum Gasteiger partial charge on any atom is 0.328 e. The molecule has 1 aromatic rings. The van der Waals surface area contributed by atoms with Crippen molar-refractivity contribution in [3.05, 3.63) is 29.8 Å². The molecule has 4 amide bonds. The highest BCUT2D eigenvalue weighted by Gasteiger charge is 2.32. The van der Waals surface area contributed by atoms with Crippen LogP contribution in [0.15, 0.2) is 24.3 Å². The van der Waals surface area contributed by atoms with Crippen molar-refractivity contribution in [3.63, 3.8) is 0 Å². The largest absolute Gasteiger partial charge is 0.508 e. The summed E-state index contributed by atoms with van der Waals surface area (Å²) in [7, 11) is 0. The van der Waals surface area contributed by atoms with Gasteiger partial charge in [0.1, 0.15) is 17.8 Å². The van der Waals surface area contributed by atoms with Crippen LogP contribution in [0, 0.1) is 0 Å². The monoisotopic (exact) mass is 538 g/mol. The first-order valence-corrected chi connectivity index (χ1v) is 12.2. The van der Waals surface area contributed by atoms with Gasteiger partial charge in [-0.05, 0) is 50.4 Å². The van der Waals surface area contributed by atoms with Crippen LogP contribution in [-0.4, -0.2) is 81.7 Å². The van der Waals surface area contributed by atoms with Crippen molar-refractivity contribution in [2.24, 2.45) is 17.2 Å². The zero-order valence-electron chi connectivity index (χ0n) is 21.3. The minimum atomic E-state index is -1.67. The van der Waals surface area contributed by atoms with Crippen LogP contribution in [-0.2, 0) is 30.4 Å². The standard InChI is InChI=1S/C24H38N6O8/c1-13(31)20(24(37)38)30-22(35)17(9-10-19(27)33)28-23(36)18(12-14-5-7-15(32)8-6-14)29-21(34)16(26)4-2-3-11-25/h5-8,13,16-18,20,31-32H,2-4,9-12,25-26H2,1H3,(H2,27,33)(H,28,36)(H,29,34)(H,30,35)(H,37,38). The Balaban J connectivity index is 3.13. The Hall–Kier alpha value is -3.75. The molecule has 0 aromatic heterocycles. The number of phenolic OH excluding ortho intramolecular Hbond substituents is 1. The number of aliphatic hydroxyl groups excluding tert-OH is 1. The predicted molar refractivity (Wildman–Crippen MR) is 136 cm³/mol. The fourth-order valence-electron chi connectivity index (χ4n) is 3.47. The van der Waals surface area contributed by atoms with Crippen molar-refractivity contribution in [1.82, 2.24) is 16.0 Å². The fraction of sp³-hybridized carbons (Fsp3) is 0.542. The van der Waals surface area contributed by atoms with E-state index in [1.165, 1.54) is 12.1 Å². The third-order valence-corrected chi connectivity index (χ3v) is 5.67. The van der Waals surface area contributed by atoms with Crippen molar-refractivity contribution in [2.45, 2.75) is 75.7 Å². The minimum absolute atomic E-state index is 0.00463. The number of aromatic hydroxyl groups is 1. The summed E-state index contributed by atoms with van der Waals surface area (Å²) < 4.78 is 0. The number of carboxylic acid groups (broad SMARTS) is 1. The van der Waals surface area contributed by atoms with Crippen molar-refractivity contribution >= 4 is 29.6 Å². The average Bonchev–Trinajstić information content (AvgIpc) is 2.85. The number of nitrogens with two attached hydrogens (primary N) is 3. The van der Waals surface area contributed by atoms with Crippen LogP contribution in [0.2, 0.25) is 0 Å². The van der Waals surface area contributed by atoms with Crippen LogP contribution in [0.1, 0.15) is 44.6 Å². The van der Waals surface area contributed by atoms with Crippen LogP contribution in [0.4, 0.5) is 0 Å². The second-order valence-electron chi connectivity index (χ2n) is 8.95. The molecule has 0 aliphatic carbocycles. The van der Waals surface area contributed by atoms with E-state index >= 15 is 0 Å². The van der Waals surface area contributed by atoms with Gasteiger partial charge in [0, 0.05) is 12.8 Å². The van der Waals surface area contributed by atoms with Gasteiger partial charge in [-0.25, -0.2) is 4.79 Å². The number of hydrogen-bond acceptors (Lipinski definition) is 9. The Bertz CT molecular complexity index is 956. The van der Waals surface area contributed by atoms with Gasteiger partial charge in [-0.1, -0.05) is 18.6 Å². The number of hydrogen-bond donors (Lipinski definition) is 9. The lowest BCUT2D eigenvalue weighted by Crippen LogP contribution is -2.58. The second-order valence-corrected chi connectivity index (χ2v) is 8.95. The van der Waals surface area contributed by atoms with Crippen molar-refractivity contribution in [3.8, 4) is 5.75 Å². The summed E-state index contributed by atoms with van der Waals surface area (Å²) in [6.45, 7) is 1.60. The van der Waals surface area contributed by atoms with Gasteiger partial charge < -0.3 is 48.5 Å². The number of phenols is 1. The SMILES string of the molecule is CC(O)C(NC(=O)C(CCC(N)=O)NC(=O)C(Cc1ccc(O)cc1)NC(=O)C(N)CCCCN)C(=O)O. The molecule has 0 fully saturated rings. The number of aliphatic hydroxyl groups is 1. The van der Waals surface area contributed by atoms with Crippen LogP contribution in [0.25, 0.3) is 0 Å². The topological polar surface area (TPSA) is 260 Å². The summed E-state index contributed by atoms with van der Waals surface area (Å²) in [6.07, 6.45) is -0.476. The molecule has 0 saturated carbocycles. The number of carbonyl (C=O) groups is 5. The molecule has 14 nitrogen and oxygen atoms in total. The van der Waals surface area contributed by atoms with Crippen molar-refractivity contribution in [2.75, 3.05) is 6.54 Å². The summed E-state index contributed by atoms with van der Waals surface area (Å²) in [5, 5.41) is 35.6. The second kappa shape index (κ2) is 16.2. The molecule has 12 N–H and O–H groups in total. The maximum atomic E-state index is 13.3. The van der Waals surface area contributed by atoms with Crippen LogP contribution >= 0.6 is 0 Å².